The van der Waals surface area contributed by atoms with Crippen LogP contribution in [0, 0.1) is 0 Å². The summed E-state index contributed by atoms with van der Waals surface area (Å²) in [6.45, 7) is 4.91. The highest BCUT2D eigenvalue weighted by Crippen LogP contribution is 2.19. The van der Waals surface area contributed by atoms with Crippen LogP contribution in [-0.2, 0) is 14.3 Å². The number of hydrogen-bond acceptors (Lipinski definition) is 5. The van der Waals surface area contributed by atoms with E-state index in [1.54, 1.807) is 6.08 Å². The lowest BCUT2D eigenvalue weighted by Crippen LogP contribution is -2.45. The van der Waals surface area contributed by atoms with Gasteiger partial charge in [-0.05, 0) is 64.2 Å². The molecule has 0 radical (unpaired) electrons. The molecule has 1 amide bonds. The van der Waals surface area contributed by atoms with Crippen molar-refractivity contribution in [2.75, 3.05) is 13.2 Å². The molecule has 6 heteroatoms. The van der Waals surface area contributed by atoms with Crippen LogP contribution in [0.25, 0.3) is 0 Å². The Labute approximate surface area is 500 Å². The van der Waals surface area contributed by atoms with Crippen molar-refractivity contribution in [1.29, 1.82) is 0 Å². The maximum atomic E-state index is 12.5. The van der Waals surface area contributed by atoms with Gasteiger partial charge in [-0.15, -0.1) is 0 Å². The van der Waals surface area contributed by atoms with E-state index in [2.05, 4.69) is 43.5 Å². The fraction of sp³-hybridized carbons (Fsp3) is 0.892. The first-order valence-corrected chi connectivity index (χ1v) is 36.3. The molecule has 0 aliphatic carbocycles. The molecule has 0 saturated heterocycles. The number of aliphatic hydroxyl groups is 2. The first kappa shape index (κ1) is 78.1. The van der Waals surface area contributed by atoms with Gasteiger partial charge in [-0.25, -0.2) is 0 Å². The molecule has 0 saturated carbocycles. The molecule has 2 atom stereocenters. The molecule has 0 aromatic rings. The highest BCUT2D eigenvalue weighted by atomic mass is 16.5. The van der Waals surface area contributed by atoms with Crippen molar-refractivity contribution in [2.45, 2.75) is 411 Å². The minimum atomic E-state index is -0.848. The van der Waals surface area contributed by atoms with Crippen LogP contribution in [0.15, 0.2) is 36.5 Å². The second-order valence-electron chi connectivity index (χ2n) is 24.9. The Bertz CT molecular complexity index is 1300. The first-order valence-electron chi connectivity index (χ1n) is 36.3. The molecule has 0 heterocycles. The van der Waals surface area contributed by atoms with E-state index in [9.17, 15) is 19.8 Å². The summed E-state index contributed by atoms with van der Waals surface area (Å²) in [7, 11) is 0. The predicted octanol–water partition coefficient (Wildman–Crippen LogP) is 23.5. The highest BCUT2D eigenvalue weighted by Gasteiger charge is 2.18. The second-order valence-corrected chi connectivity index (χ2v) is 24.9. The van der Waals surface area contributed by atoms with Crippen molar-refractivity contribution in [1.82, 2.24) is 5.32 Å². The summed E-state index contributed by atoms with van der Waals surface area (Å²) in [5.74, 6) is -0.0587. The lowest BCUT2D eigenvalue weighted by atomic mass is 10.0. The number of allylic oxidation sites excluding steroid dienone is 5. The number of hydrogen-bond donors (Lipinski definition) is 3. The predicted molar refractivity (Wildman–Crippen MR) is 352 cm³/mol. The van der Waals surface area contributed by atoms with Crippen molar-refractivity contribution in [2.24, 2.45) is 0 Å². The van der Waals surface area contributed by atoms with Gasteiger partial charge in [-0.1, -0.05) is 359 Å². The summed E-state index contributed by atoms with van der Waals surface area (Å²) >= 11 is 0. The van der Waals surface area contributed by atoms with Crippen molar-refractivity contribution >= 4 is 11.9 Å². The number of nitrogens with one attached hydrogen (secondary N) is 1. The molecule has 80 heavy (non-hydrogen) atoms. The van der Waals surface area contributed by atoms with E-state index in [1.165, 1.54) is 321 Å². The van der Waals surface area contributed by atoms with Gasteiger partial charge in [0, 0.05) is 12.8 Å². The quantitative estimate of drug-likeness (QED) is 0.0320. The fourth-order valence-corrected chi connectivity index (χ4v) is 11.4. The molecule has 0 aromatic carbocycles. The maximum absolute atomic E-state index is 12.5. The Balaban J connectivity index is 3.41. The van der Waals surface area contributed by atoms with E-state index in [-0.39, 0.29) is 18.5 Å². The van der Waals surface area contributed by atoms with E-state index in [4.69, 9.17) is 4.74 Å². The van der Waals surface area contributed by atoms with Crippen LogP contribution in [0.5, 0.6) is 0 Å². The van der Waals surface area contributed by atoms with E-state index < -0.39 is 12.1 Å². The zero-order valence-corrected chi connectivity index (χ0v) is 54.1. The van der Waals surface area contributed by atoms with Crippen LogP contribution >= 0.6 is 0 Å². The molecule has 0 rings (SSSR count). The molecular weight excluding hydrogens is 983 g/mol. The van der Waals surface area contributed by atoms with Gasteiger partial charge in [0.25, 0.3) is 0 Å². The molecule has 3 N–H and O–H groups in total. The molecule has 0 aliphatic heterocycles. The molecule has 6 nitrogen and oxygen atoms in total. The van der Waals surface area contributed by atoms with Crippen LogP contribution < -0.4 is 5.32 Å². The van der Waals surface area contributed by atoms with Crippen molar-refractivity contribution in [3.8, 4) is 0 Å². The van der Waals surface area contributed by atoms with Gasteiger partial charge in [0.2, 0.25) is 5.91 Å². The Hall–Kier alpha value is -1.92. The molecule has 2 unspecified atom stereocenters. The Kier molecular flexibility index (Phi) is 67.9. The average Bonchev–Trinajstić information content (AvgIpc) is 3.46. The number of esters is 1. The number of unbranched alkanes of at least 4 members (excludes halogenated alkanes) is 53. The minimum absolute atomic E-state index is 0.00701. The largest absolute Gasteiger partial charge is 0.466 e. The number of amides is 1. The normalized spacial score (nSPS) is 12.7. The Morgan fingerprint density at radius 1 is 0.350 bits per heavy atom. The SMILES string of the molecule is CCCCC/C=C\C/C=C\CCCCCCCCCCCC(=O)OCCCCCCCCCCCCCCCCCCCCCCC(=O)NC(CO)C(O)/C=C/CCCCCCCCCCCCCCCCCCCCCCCC. The lowest BCUT2D eigenvalue weighted by molar-refractivity contribution is -0.143. The van der Waals surface area contributed by atoms with Gasteiger partial charge in [-0.2, -0.15) is 0 Å². The fourth-order valence-electron chi connectivity index (χ4n) is 11.4. The monoisotopic (exact) mass is 1120 g/mol. The number of carbonyl (C=O) groups excluding carboxylic acids is 2. The number of carbonyl (C=O) groups is 2. The van der Waals surface area contributed by atoms with Crippen LogP contribution in [0.4, 0.5) is 0 Å². The van der Waals surface area contributed by atoms with Crippen LogP contribution in [0.2, 0.25) is 0 Å². The zero-order valence-electron chi connectivity index (χ0n) is 54.1. The minimum Gasteiger partial charge on any atom is -0.466 e. The first-order chi connectivity index (χ1) is 39.5. The molecule has 0 aliphatic rings. The number of rotatable bonds is 68. The van der Waals surface area contributed by atoms with Gasteiger partial charge in [0.05, 0.1) is 25.4 Å². The third-order valence-electron chi connectivity index (χ3n) is 16.9. The van der Waals surface area contributed by atoms with E-state index >= 15 is 0 Å². The van der Waals surface area contributed by atoms with Crippen LogP contribution in [0.1, 0.15) is 399 Å². The topological polar surface area (TPSA) is 95.9 Å². The summed E-state index contributed by atoms with van der Waals surface area (Å²) in [5, 5.41) is 23.3. The highest BCUT2D eigenvalue weighted by molar-refractivity contribution is 5.76. The molecule has 0 bridgehead atoms. The second kappa shape index (κ2) is 69.6. The summed E-state index contributed by atoms with van der Waals surface area (Å²) in [5.41, 5.74) is 0. The third-order valence-corrected chi connectivity index (χ3v) is 16.9. The summed E-state index contributed by atoms with van der Waals surface area (Å²) in [4.78, 5) is 24.7. The Morgan fingerprint density at radius 3 is 0.975 bits per heavy atom. The van der Waals surface area contributed by atoms with Crippen molar-refractivity contribution in [3.63, 3.8) is 0 Å². The maximum Gasteiger partial charge on any atom is 0.305 e. The van der Waals surface area contributed by atoms with Crippen molar-refractivity contribution in [3.05, 3.63) is 36.5 Å². The molecule has 472 valence electrons. The van der Waals surface area contributed by atoms with E-state index in [0.29, 0.717) is 19.4 Å². The summed E-state index contributed by atoms with van der Waals surface area (Å²) in [6.07, 6.45) is 89.3. The van der Waals surface area contributed by atoms with Crippen molar-refractivity contribution < 1.29 is 24.5 Å². The van der Waals surface area contributed by atoms with Gasteiger partial charge in [0.1, 0.15) is 0 Å². The van der Waals surface area contributed by atoms with Gasteiger partial charge >= 0.3 is 5.97 Å². The standard InChI is InChI=1S/C74H141NO5/c1-3-5-7-9-11-13-15-17-19-21-23-24-25-26-27-31-34-38-42-46-50-54-58-62-66-72(77)71(70-76)75-73(78)67-63-59-55-51-47-43-39-35-32-28-29-33-37-41-45-49-53-57-61-65-69-80-74(79)68-64-60-56-52-48-44-40-36-30-22-20-18-16-14-12-10-8-6-4-2/h12,14,18,20,62,66,71-72,76-77H,3-11,13,15-17,19,21-61,63-65,67-70H2,1-2H3,(H,75,78)/b14-12-,20-18-,66-62+. The molecule has 0 aromatic heterocycles. The lowest BCUT2D eigenvalue weighted by Gasteiger charge is -2.20. The third kappa shape index (κ3) is 65.2. The van der Waals surface area contributed by atoms with Gasteiger partial charge in [0.15, 0.2) is 0 Å². The smallest absolute Gasteiger partial charge is 0.305 e. The van der Waals surface area contributed by atoms with E-state index in [1.807, 2.05) is 6.08 Å². The van der Waals surface area contributed by atoms with Crippen LogP contribution in [0.3, 0.4) is 0 Å². The molecular formula is C74H141NO5. The van der Waals surface area contributed by atoms with E-state index in [0.717, 1.165) is 51.4 Å². The zero-order chi connectivity index (χ0) is 57.8. The molecule has 0 fully saturated rings. The van der Waals surface area contributed by atoms with Crippen LogP contribution in [-0.4, -0.2) is 47.4 Å². The molecule has 0 spiro atoms. The van der Waals surface area contributed by atoms with Gasteiger partial charge < -0.3 is 20.3 Å². The van der Waals surface area contributed by atoms with Gasteiger partial charge in [-0.3, -0.25) is 9.59 Å². The number of ether oxygens (including phenoxy) is 1. The summed E-state index contributed by atoms with van der Waals surface area (Å²) in [6, 6.07) is -0.631. The average molecular weight is 1120 g/mol. The summed E-state index contributed by atoms with van der Waals surface area (Å²) < 4.78 is 5.51. The Morgan fingerprint density at radius 2 is 0.625 bits per heavy atom. The number of aliphatic hydroxyl groups excluding tert-OH is 2.